The minimum absolute atomic E-state index is 0.0605. The fourth-order valence-electron chi connectivity index (χ4n) is 2.39. The van der Waals surface area contributed by atoms with Crippen LogP contribution < -0.4 is 4.74 Å². The molecular formula is C19H14FNO3. The van der Waals surface area contributed by atoms with E-state index in [0.29, 0.717) is 5.75 Å². The number of nitro benzene ring substituents is 1. The van der Waals surface area contributed by atoms with Crippen molar-refractivity contribution in [3.8, 4) is 16.9 Å². The molecule has 0 saturated carbocycles. The van der Waals surface area contributed by atoms with Crippen molar-refractivity contribution in [2.45, 2.75) is 6.61 Å². The van der Waals surface area contributed by atoms with E-state index in [0.717, 1.165) is 11.1 Å². The maximum atomic E-state index is 13.8. The highest BCUT2D eigenvalue weighted by atomic mass is 19.1. The number of halogens is 1. The van der Waals surface area contributed by atoms with Crippen LogP contribution in [0.5, 0.6) is 5.75 Å². The zero-order valence-corrected chi connectivity index (χ0v) is 12.7. The van der Waals surface area contributed by atoms with Crippen molar-refractivity contribution in [1.82, 2.24) is 0 Å². The number of hydrogen-bond donors (Lipinski definition) is 0. The minimum Gasteiger partial charge on any atom is -0.489 e. The van der Waals surface area contributed by atoms with Crippen molar-refractivity contribution in [3.05, 3.63) is 94.3 Å². The highest BCUT2D eigenvalue weighted by Crippen LogP contribution is 2.25. The summed E-state index contributed by atoms with van der Waals surface area (Å²) in [4.78, 5) is 10.4. The van der Waals surface area contributed by atoms with E-state index < -0.39 is 10.7 Å². The Morgan fingerprint density at radius 1 is 0.875 bits per heavy atom. The molecule has 3 rings (SSSR count). The average molecular weight is 323 g/mol. The number of nitro groups is 1. The second kappa shape index (κ2) is 6.91. The molecule has 0 fully saturated rings. The summed E-state index contributed by atoms with van der Waals surface area (Å²) in [6.45, 7) is -0.201. The molecule has 0 aliphatic carbocycles. The van der Waals surface area contributed by atoms with Gasteiger partial charge >= 0.3 is 0 Å². The molecule has 0 heterocycles. The molecule has 24 heavy (non-hydrogen) atoms. The van der Waals surface area contributed by atoms with Gasteiger partial charge in [-0.2, -0.15) is 0 Å². The fourth-order valence-corrected chi connectivity index (χ4v) is 2.39. The Morgan fingerprint density at radius 2 is 1.54 bits per heavy atom. The summed E-state index contributed by atoms with van der Waals surface area (Å²) in [6.07, 6.45) is 0. The lowest BCUT2D eigenvalue weighted by Gasteiger charge is -2.09. The lowest BCUT2D eigenvalue weighted by Crippen LogP contribution is -2.03. The molecule has 0 unspecified atom stereocenters. The Bertz CT molecular complexity index is 848. The third kappa shape index (κ3) is 3.41. The van der Waals surface area contributed by atoms with Gasteiger partial charge in [-0.15, -0.1) is 0 Å². The van der Waals surface area contributed by atoms with Crippen LogP contribution in [-0.4, -0.2) is 4.92 Å². The first-order chi connectivity index (χ1) is 11.6. The normalized spacial score (nSPS) is 10.4. The maximum Gasteiger partial charge on any atom is 0.278 e. The van der Waals surface area contributed by atoms with Crippen LogP contribution in [0.2, 0.25) is 0 Å². The second-order valence-corrected chi connectivity index (χ2v) is 5.17. The van der Waals surface area contributed by atoms with Crippen molar-refractivity contribution in [1.29, 1.82) is 0 Å². The molecule has 120 valence electrons. The lowest BCUT2D eigenvalue weighted by molar-refractivity contribution is -0.386. The molecule has 0 aromatic heterocycles. The maximum absolute atomic E-state index is 13.8. The van der Waals surface area contributed by atoms with Crippen LogP contribution in [0.3, 0.4) is 0 Å². The van der Waals surface area contributed by atoms with Crippen molar-refractivity contribution in [3.63, 3.8) is 0 Å². The summed E-state index contributed by atoms with van der Waals surface area (Å²) in [7, 11) is 0. The summed E-state index contributed by atoms with van der Waals surface area (Å²) >= 11 is 0. The summed E-state index contributed by atoms with van der Waals surface area (Å²) in [5, 5.41) is 11.0. The molecule has 0 aliphatic heterocycles. The Labute approximate surface area is 138 Å². The molecule has 0 spiro atoms. The molecule has 0 amide bonds. The van der Waals surface area contributed by atoms with Gasteiger partial charge in [-0.25, -0.2) is 4.39 Å². The molecule has 0 radical (unpaired) electrons. The first-order valence-electron chi connectivity index (χ1n) is 7.35. The van der Waals surface area contributed by atoms with Gasteiger partial charge in [0.2, 0.25) is 0 Å². The number of rotatable bonds is 5. The Balaban J connectivity index is 1.75. The van der Waals surface area contributed by atoms with Crippen LogP contribution in [0.1, 0.15) is 5.56 Å². The largest absolute Gasteiger partial charge is 0.489 e. The van der Waals surface area contributed by atoms with E-state index in [-0.39, 0.29) is 17.9 Å². The van der Waals surface area contributed by atoms with Crippen molar-refractivity contribution < 1.29 is 14.1 Å². The van der Waals surface area contributed by atoms with Crippen molar-refractivity contribution in [2.75, 3.05) is 0 Å². The van der Waals surface area contributed by atoms with Gasteiger partial charge in [-0.05, 0) is 29.3 Å². The number of nitrogens with zero attached hydrogens (tertiary/aromatic N) is 1. The molecule has 0 saturated heterocycles. The number of hydrogen-bond acceptors (Lipinski definition) is 3. The van der Waals surface area contributed by atoms with Crippen molar-refractivity contribution >= 4 is 5.69 Å². The van der Waals surface area contributed by atoms with Crippen LogP contribution in [0.25, 0.3) is 11.1 Å². The van der Waals surface area contributed by atoms with Gasteiger partial charge in [-0.3, -0.25) is 10.1 Å². The van der Waals surface area contributed by atoms with Gasteiger partial charge in [0, 0.05) is 6.07 Å². The third-order valence-electron chi connectivity index (χ3n) is 3.64. The van der Waals surface area contributed by atoms with Gasteiger partial charge in [0.15, 0.2) is 0 Å². The quantitative estimate of drug-likeness (QED) is 0.491. The van der Waals surface area contributed by atoms with E-state index in [1.807, 2.05) is 42.5 Å². The second-order valence-electron chi connectivity index (χ2n) is 5.17. The van der Waals surface area contributed by atoms with E-state index in [2.05, 4.69) is 0 Å². The third-order valence-corrected chi connectivity index (χ3v) is 3.64. The van der Waals surface area contributed by atoms with Gasteiger partial charge in [0.25, 0.3) is 5.69 Å². The number of benzene rings is 3. The predicted molar refractivity (Wildman–Crippen MR) is 89.3 cm³/mol. The summed E-state index contributed by atoms with van der Waals surface area (Å²) in [6, 6.07) is 20.9. The molecule has 4 nitrogen and oxygen atoms in total. The molecule has 5 heteroatoms. The van der Waals surface area contributed by atoms with Crippen LogP contribution in [-0.2, 0) is 6.61 Å². The molecule has 0 atom stereocenters. The summed E-state index contributed by atoms with van der Waals surface area (Å²) < 4.78 is 19.3. The first kappa shape index (κ1) is 15.7. The Kier molecular flexibility index (Phi) is 4.52. The lowest BCUT2D eigenvalue weighted by atomic mass is 10.1. The molecule has 3 aromatic rings. The predicted octanol–water partition coefficient (Wildman–Crippen LogP) is 4.98. The van der Waals surface area contributed by atoms with Crippen molar-refractivity contribution in [2.24, 2.45) is 0 Å². The zero-order valence-electron chi connectivity index (χ0n) is 12.7. The van der Waals surface area contributed by atoms with Gasteiger partial charge < -0.3 is 4.74 Å². The van der Waals surface area contributed by atoms with E-state index in [1.165, 1.54) is 18.2 Å². The van der Waals surface area contributed by atoms with Gasteiger partial charge in [-0.1, -0.05) is 48.5 Å². The van der Waals surface area contributed by atoms with Crippen LogP contribution in [0.15, 0.2) is 72.8 Å². The molecular weight excluding hydrogens is 309 g/mol. The fraction of sp³-hybridized carbons (Fsp3) is 0.0526. The van der Waals surface area contributed by atoms with E-state index >= 15 is 0 Å². The van der Waals surface area contributed by atoms with Crippen LogP contribution in [0, 0.1) is 15.9 Å². The Morgan fingerprint density at radius 3 is 2.21 bits per heavy atom. The molecule has 0 N–H and O–H groups in total. The monoisotopic (exact) mass is 323 g/mol. The standard InChI is InChI=1S/C19H14FNO3/c20-18-7-4-8-19(21(22)23)17(18)13-24-16-11-9-15(10-12-16)14-5-2-1-3-6-14/h1-12H,13H2. The molecule has 3 aromatic carbocycles. The molecule has 0 aliphatic rings. The summed E-state index contributed by atoms with van der Waals surface area (Å²) in [5.74, 6) is -0.127. The van der Waals surface area contributed by atoms with Gasteiger partial charge in [0.1, 0.15) is 23.7 Å². The number of ether oxygens (including phenoxy) is 1. The van der Waals surface area contributed by atoms with Gasteiger partial charge in [0.05, 0.1) is 4.92 Å². The van der Waals surface area contributed by atoms with Crippen LogP contribution in [0.4, 0.5) is 10.1 Å². The average Bonchev–Trinajstić information content (AvgIpc) is 2.61. The smallest absolute Gasteiger partial charge is 0.278 e. The molecule has 0 bridgehead atoms. The topological polar surface area (TPSA) is 52.4 Å². The van der Waals surface area contributed by atoms with E-state index in [9.17, 15) is 14.5 Å². The SMILES string of the molecule is O=[N+]([O-])c1cccc(F)c1COc1ccc(-c2ccccc2)cc1. The Hall–Kier alpha value is -3.21. The van der Waals surface area contributed by atoms with E-state index in [4.69, 9.17) is 4.74 Å². The minimum atomic E-state index is -0.648. The highest BCUT2D eigenvalue weighted by Gasteiger charge is 2.18. The zero-order chi connectivity index (χ0) is 16.9. The highest BCUT2D eigenvalue weighted by molar-refractivity contribution is 5.63. The first-order valence-corrected chi connectivity index (χ1v) is 7.35. The summed E-state index contributed by atoms with van der Waals surface area (Å²) in [5.41, 5.74) is 1.76. The van der Waals surface area contributed by atoms with E-state index in [1.54, 1.807) is 12.1 Å². The van der Waals surface area contributed by atoms with Crippen LogP contribution >= 0.6 is 0 Å².